The van der Waals surface area contributed by atoms with Crippen LogP contribution >= 0.6 is 0 Å². The fraction of sp³-hybridized carbons (Fsp3) is 0.533. The lowest BCUT2D eigenvalue weighted by Gasteiger charge is -2.16. The number of rotatable bonds is 8. The molecule has 0 spiro atoms. The van der Waals surface area contributed by atoms with E-state index in [1.165, 1.54) is 0 Å². The molecule has 0 aliphatic carbocycles. The van der Waals surface area contributed by atoms with Crippen LogP contribution in [0.5, 0.6) is 5.75 Å². The minimum absolute atomic E-state index is 0.236. The second-order valence-corrected chi connectivity index (χ2v) is 4.62. The van der Waals surface area contributed by atoms with Gasteiger partial charge in [0.25, 0.3) is 0 Å². The molecule has 1 N–H and O–H groups in total. The lowest BCUT2D eigenvalue weighted by Crippen LogP contribution is -2.36. The third kappa shape index (κ3) is 5.09. The summed E-state index contributed by atoms with van der Waals surface area (Å²) in [5, 5.41) is 2.94. The SMILES string of the molecule is CCOC(=O)C(CCOc1cccc(N(C)C)c1)NC. The molecule has 112 valence electrons. The van der Waals surface area contributed by atoms with Crippen LogP contribution < -0.4 is 15.0 Å². The van der Waals surface area contributed by atoms with E-state index in [1.54, 1.807) is 14.0 Å². The van der Waals surface area contributed by atoms with Gasteiger partial charge in [-0.05, 0) is 26.1 Å². The van der Waals surface area contributed by atoms with E-state index in [4.69, 9.17) is 9.47 Å². The normalized spacial score (nSPS) is 11.8. The first kappa shape index (κ1) is 16.3. The Morgan fingerprint density at radius 1 is 1.40 bits per heavy atom. The molecule has 20 heavy (non-hydrogen) atoms. The molecule has 0 aliphatic rings. The van der Waals surface area contributed by atoms with Gasteiger partial charge in [-0.1, -0.05) is 6.07 Å². The zero-order chi connectivity index (χ0) is 15.0. The molecule has 0 aliphatic heterocycles. The third-order valence-corrected chi connectivity index (χ3v) is 2.93. The van der Waals surface area contributed by atoms with Crippen LogP contribution in [0.15, 0.2) is 24.3 Å². The molecule has 0 amide bonds. The zero-order valence-corrected chi connectivity index (χ0v) is 12.7. The molecular formula is C15H24N2O3. The molecule has 1 unspecified atom stereocenters. The molecular weight excluding hydrogens is 256 g/mol. The summed E-state index contributed by atoms with van der Waals surface area (Å²) >= 11 is 0. The van der Waals surface area contributed by atoms with Gasteiger partial charge in [0.1, 0.15) is 11.8 Å². The molecule has 5 heteroatoms. The maximum atomic E-state index is 11.6. The highest BCUT2D eigenvalue weighted by atomic mass is 16.5. The highest BCUT2D eigenvalue weighted by Gasteiger charge is 2.17. The molecule has 0 fully saturated rings. The van der Waals surface area contributed by atoms with Crippen molar-refractivity contribution in [1.29, 1.82) is 0 Å². The monoisotopic (exact) mass is 280 g/mol. The Morgan fingerprint density at radius 2 is 2.15 bits per heavy atom. The smallest absolute Gasteiger partial charge is 0.323 e. The fourth-order valence-electron chi connectivity index (χ4n) is 1.77. The molecule has 0 saturated heterocycles. The Bertz CT molecular complexity index is 421. The van der Waals surface area contributed by atoms with Crippen LogP contribution in [0, 0.1) is 0 Å². The highest BCUT2D eigenvalue weighted by molar-refractivity contribution is 5.75. The Balaban J connectivity index is 2.46. The molecule has 0 aromatic heterocycles. The summed E-state index contributed by atoms with van der Waals surface area (Å²) in [5.74, 6) is 0.565. The second-order valence-electron chi connectivity index (χ2n) is 4.62. The number of ether oxygens (including phenoxy) is 2. The number of nitrogens with one attached hydrogen (secondary N) is 1. The quantitative estimate of drug-likeness (QED) is 0.734. The van der Waals surface area contributed by atoms with Crippen LogP contribution in [0.4, 0.5) is 5.69 Å². The zero-order valence-electron chi connectivity index (χ0n) is 12.7. The molecule has 0 saturated carbocycles. The summed E-state index contributed by atoms with van der Waals surface area (Å²) in [4.78, 5) is 13.6. The molecule has 1 rings (SSSR count). The topological polar surface area (TPSA) is 50.8 Å². The van der Waals surface area contributed by atoms with Gasteiger partial charge in [-0.15, -0.1) is 0 Å². The number of hydrogen-bond donors (Lipinski definition) is 1. The number of esters is 1. The Hall–Kier alpha value is -1.75. The van der Waals surface area contributed by atoms with Crippen LogP contribution in [0.2, 0.25) is 0 Å². The summed E-state index contributed by atoms with van der Waals surface area (Å²) in [6.07, 6.45) is 0.571. The molecule has 1 aromatic carbocycles. The van der Waals surface area contributed by atoms with E-state index >= 15 is 0 Å². The van der Waals surface area contributed by atoms with Crippen molar-refractivity contribution in [3.63, 3.8) is 0 Å². The largest absolute Gasteiger partial charge is 0.493 e. The highest BCUT2D eigenvalue weighted by Crippen LogP contribution is 2.19. The van der Waals surface area contributed by atoms with Gasteiger partial charge >= 0.3 is 5.97 Å². The second kappa shape index (κ2) is 8.43. The van der Waals surface area contributed by atoms with Crippen molar-refractivity contribution < 1.29 is 14.3 Å². The minimum atomic E-state index is -0.327. The maximum absolute atomic E-state index is 11.6. The van der Waals surface area contributed by atoms with E-state index in [-0.39, 0.29) is 12.0 Å². The standard InChI is InChI=1S/C15H24N2O3/c1-5-19-15(18)14(16-2)9-10-20-13-8-6-7-12(11-13)17(3)4/h6-8,11,14,16H,5,9-10H2,1-4H3. The van der Waals surface area contributed by atoms with Gasteiger partial charge in [0.15, 0.2) is 0 Å². The number of benzene rings is 1. The molecule has 0 radical (unpaired) electrons. The molecule has 1 atom stereocenters. The minimum Gasteiger partial charge on any atom is -0.493 e. The predicted molar refractivity (Wildman–Crippen MR) is 80.4 cm³/mol. The average molecular weight is 280 g/mol. The van der Waals surface area contributed by atoms with Crippen LogP contribution in [0.3, 0.4) is 0 Å². The van der Waals surface area contributed by atoms with Crippen molar-refractivity contribution in [2.75, 3.05) is 39.3 Å². The maximum Gasteiger partial charge on any atom is 0.323 e. The van der Waals surface area contributed by atoms with Crippen LogP contribution in [0.25, 0.3) is 0 Å². The number of carbonyl (C=O) groups excluding carboxylic acids is 1. The van der Waals surface area contributed by atoms with Crippen molar-refractivity contribution in [1.82, 2.24) is 5.32 Å². The van der Waals surface area contributed by atoms with Crippen molar-refractivity contribution >= 4 is 11.7 Å². The lowest BCUT2D eigenvalue weighted by atomic mass is 10.2. The van der Waals surface area contributed by atoms with Crippen molar-refractivity contribution in [3.8, 4) is 5.75 Å². The Kier molecular flexibility index (Phi) is 6.87. The molecule has 0 heterocycles. The van der Waals surface area contributed by atoms with Gasteiger partial charge in [0.05, 0.1) is 13.2 Å². The van der Waals surface area contributed by atoms with E-state index < -0.39 is 0 Å². The van der Waals surface area contributed by atoms with E-state index in [2.05, 4.69) is 5.32 Å². The number of likely N-dealkylation sites (N-methyl/N-ethyl adjacent to an activating group) is 1. The van der Waals surface area contributed by atoms with Crippen molar-refractivity contribution in [2.24, 2.45) is 0 Å². The van der Waals surface area contributed by atoms with Crippen LogP contribution in [-0.2, 0) is 9.53 Å². The first-order valence-electron chi connectivity index (χ1n) is 6.82. The van der Waals surface area contributed by atoms with E-state index in [1.807, 2.05) is 43.3 Å². The first-order valence-corrected chi connectivity index (χ1v) is 6.82. The summed E-state index contributed by atoms with van der Waals surface area (Å²) in [7, 11) is 5.71. The number of carbonyl (C=O) groups is 1. The van der Waals surface area contributed by atoms with Gasteiger partial charge in [-0.25, -0.2) is 0 Å². The van der Waals surface area contributed by atoms with Gasteiger partial charge in [0.2, 0.25) is 0 Å². The van der Waals surface area contributed by atoms with Crippen molar-refractivity contribution in [3.05, 3.63) is 24.3 Å². The summed E-state index contributed by atoms with van der Waals surface area (Å²) < 4.78 is 10.7. The Labute approximate surface area is 120 Å². The average Bonchev–Trinajstić information content (AvgIpc) is 2.44. The third-order valence-electron chi connectivity index (χ3n) is 2.93. The van der Waals surface area contributed by atoms with Gasteiger partial charge in [-0.2, -0.15) is 0 Å². The molecule has 1 aromatic rings. The number of anilines is 1. The predicted octanol–water partition coefficient (Wildman–Crippen LogP) is 1.67. The molecule has 0 bridgehead atoms. The first-order chi connectivity index (χ1) is 9.58. The van der Waals surface area contributed by atoms with Gasteiger partial charge in [0, 0.05) is 32.3 Å². The van der Waals surface area contributed by atoms with Gasteiger partial charge in [-0.3, -0.25) is 4.79 Å². The van der Waals surface area contributed by atoms with Crippen LogP contribution in [0.1, 0.15) is 13.3 Å². The summed E-state index contributed by atoms with van der Waals surface area (Å²) in [6.45, 7) is 2.65. The van der Waals surface area contributed by atoms with Crippen molar-refractivity contribution in [2.45, 2.75) is 19.4 Å². The van der Waals surface area contributed by atoms with Crippen LogP contribution in [-0.4, -0.2) is 46.4 Å². The summed E-state index contributed by atoms with van der Waals surface area (Å²) in [5.41, 5.74) is 1.08. The van der Waals surface area contributed by atoms with E-state index in [0.29, 0.717) is 19.6 Å². The molecule has 5 nitrogen and oxygen atoms in total. The van der Waals surface area contributed by atoms with E-state index in [0.717, 1.165) is 11.4 Å². The van der Waals surface area contributed by atoms with E-state index in [9.17, 15) is 4.79 Å². The summed E-state index contributed by atoms with van der Waals surface area (Å²) in [6, 6.07) is 7.52. The fourth-order valence-corrected chi connectivity index (χ4v) is 1.77. The Morgan fingerprint density at radius 3 is 2.75 bits per heavy atom. The van der Waals surface area contributed by atoms with Gasteiger partial charge < -0.3 is 19.7 Å². The number of nitrogens with zero attached hydrogens (tertiary/aromatic N) is 1. The lowest BCUT2D eigenvalue weighted by molar-refractivity contribution is -0.145. The number of hydrogen-bond acceptors (Lipinski definition) is 5.